The van der Waals surface area contributed by atoms with Crippen LogP contribution in [0.25, 0.3) is 6.08 Å². The largest absolute Gasteiger partial charge is 0.508 e. The van der Waals surface area contributed by atoms with Gasteiger partial charge in [0.2, 0.25) is 0 Å². The summed E-state index contributed by atoms with van der Waals surface area (Å²) in [5.41, 5.74) is 2.94. The molecule has 2 fully saturated rings. The molecule has 1 saturated carbocycles. The molecule has 2 aromatic carbocycles. The minimum Gasteiger partial charge on any atom is -0.508 e. The molecule has 0 aromatic heterocycles. The summed E-state index contributed by atoms with van der Waals surface area (Å²) in [7, 11) is 2.11. The summed E-state index contributed by atoms with van der Waals surface area (Å²) < 4.78 is 0. The van der Waals surface area contributed by atoms with E-state index in [1.54, 1.807) is 6.07 Å². The average molecular weight is 333 g/mol. The monoisotopic (exact) mass is 333 g/mol. The SMILES string of the molecule is CN1CCC2(c3cccc(O)c3)CC(=O)/C(=C/c3ccccc3)C1C2. The predicted octanol–water partition coefficient (Wildman–Crippen LogP) is 3.78. The van der Waals surface area contributed by atoms with Crippen molar-refractivity contribution >= 4 is 11.9 Å². The molecule has 4 rings (SSSR count). The number of phenols is 1. The number of rotatable bonds is 2. The molecular weight excluding hydrogens is 310 g/mol. The van der Waals surface area contributed by atoms with Crippen LogP contribution in [0.3, 0.4) is 0 Å². The summed E-state index contributed by atoms with van der Waals surface area (Å²) in [5, 5.41) is 9.90. The van der Waals surface area contributed by atoms with Crippen molar-refractivity contribution in [3.8, 4) is 5.75 Å². The van der Waals surface area contributed by atoms with E-state index in [2.05, 4.69) is 24.1 Å². The Morgan fingerprint density at radius 1 is 1.16 bits per heavy atom. The number of hydrogen-bond donors (Lipinski definition) is 1. The van der Waals surface area contributed by atoms with E-state index in [9.17, 15) is 9.90 Å². The first-order chi connectivity index (χ1) is 12.1. The molecule has 3 nitrogen and oxygen atoms in total. The van der Waals surface area contributed by atoms with E-state index in [1.165, 1.54) is 0 Å². The van der Waals surface area contributed by atoms with Gasteiger partial charge >= 0.3 is 0 Å². The second-order valence-corrected chi connectivity index (χ2v) is 7.39. The highest BCUT2D eigenvalue weighted by Gasteiger charge is 2.48. The van der Waals surface area contributed by atoms with Gasteiger partial charge in [-0.05, 0) is 55.8 Å². The fourth-order valence-corrected chi connectivity index (χ4v) is 4.38. The quantitative estimate of drug-likeness (QED) is 0.850. The summed E-state index contributed by atoms with van der Waals surface area (Å²) in [6, 6.07) is 17.7. The van der Waals surface area contributed by atoms with Crippen molar-refractivity contribution in [1.29, 1.82) is 0 Å². The highest BCUT2D eigenvalue weighted by molar-refractivity contribution is 6.02. The van der Waals surface area contributed by atoms with Crippen molar-refractivity contribution in [3.63, 3.8) is 0 Å². The summed E-state index contributed by atoms with van der Waals surface area (Å²) in [4.78, 5) is 15.4. The third-order valence-corrected chi connectivity index (χ3v) is 5.82. The molecule has 2 atom stereocenters. The van der Waals surface area contributed by atoms with Gasteiger partial charge in [0.25, 0.3) is 0 Å². The molecule has 2 unspecified atom stereocenters. The Kier molecular flexibility index (Phi) is 3.97. The Labute approximate surface area is 148 Å². The Balaban J connectivity index is 1.74. The number of hydrogen-bond acceptors (Lipinski definition) is 3. The predicted molar refractivity (Wildman–Crippen MR) is 99.5 cm³/mol. The van der Waals surface area contributed by atoms with Gasteiger partial charge in [0.1, 0.15) is 5.75 Å². The maximum atomic E-state index is 13.1. The molecule has 0 radical (unpaired) electrons. The lowest BCUT2D eigenvalue weighted by molar-refractivity contribution is -0.120. The summed E-state index contributed by atoms with van der Waals surface area (Å²) in [6.07, 6.45) is 4.46. The standard InChI is InChI=1S/C22H23NO2/c1-23-11-10-22(17-8-5-9-18(24)13-17)14-20(23)19(21(25)15-22)12-16-6-3-2-4-7-16/h2-9,12-13,20,24H,10-11,14-15H2,1H3/b19-12+. The Morgan fingerprint density at radius 2 is 1.96 bits per heavy atom. The number of fused-ring (bicyclic) bond motifs is 2. The van der Waals surface area contributed by atoms with E-state index >= 15 is 0 Å². The van der Waals surface area contributed by atoms with Crippen LogP contribution in [0.15, 0.2) is 60.2 Å². The molecule has 1 N–H and O–H groups in total. The topological polar surface area (TPSA) is 40.5 Å². The normalized spacial score (nSPS) is 28.3. The van der Waals surface area contributed by atoms with Crippen LogP contribution in [0.4, 0.5) is 0 Å². The highest BCUT2D eigenvalue weighted by Crippen LogP contribution is 2.47. The maximum Gasteiger partial charge on any atom is 0.161 e. The van der Waals surface area contributed by atoms with Crippen LogP contribution in [0.2, 0.25) is 0 Å². The first kappa shape index (κ1) is 16.1. The number of Topliss-reactive ketones (excluding diaryl/α,β-unsaturated/α-hetero) is 1. The first-order valence-electron chi connectivity index (χ1n) is 8.87. The van der Waals surface area contributed by atoms with Crippen LogP contribution in [0, 0.1) is 0 Å². The zero-order chi connectivity index (χ0) is 17.4. The van der Waals surface area contributed by atoms with Gasteiger partial charge in [-0.1, -0.05) is 42.5 Å². The molecule has 1 aliphatic heterocycles. The molecule has 0 spiro atoms. The van der Waals surface area contributed by atoms with Crippen LogP contribution in [0.5, 0.6) is 5.75 Å². The summed E-state index contributed by atoms with van der Waals surface area (Å²) >= 11 is 0. The van der Waals surface area contributed by atoms with Crippen LogP contribution >= 0.6 is 0 Å². The molecule has 1 saturated heterocycles. The number of carbonyl (C=O) groups is 1. The zero-order valence-corrected chi connectivity index (χ0v) is 14.5. The summed E-state index contributed by atoms with van der Waals surface area (Å²) in [6.45, 7) is 0.958. The van der Waals surface area contributed by atoms with E-state index in [4.69, 9.17) is 0 Å². The van der Waals surface area contributed by atoms with E-state index in [0.717, 1.165) is 36.1 Å². The van der Waals surface area contributed by atoms with Gasteiger partial charge in [0, 0.05) is 23.5 Å². The van der Waals surface area contributed by atoms with E-state index in [-0.39, 0.29) is 23.0 Å². The molecule has 2 aliphatic rings. The van der Waals surface area contributed by atoms with Gasteiger partial charge in [0.15, 0.2) is 5.78 Å². The zero-order valence-electron chi connectivity index (χ0n) is 14.5. The minimum absolute atomic E-state index is 0.137. The average Bonchev–Trinajstić information content (AvgIpc) is 2.62. The van der Waals surface area contributed by atoms with Crippen LogP contribution in [-0.2, 0) is 10.2 Å². The van der Waals surface area contributed by atoms with Crippen molar-refractivity contribution in [3.05, 3.63) is 71.3 Å². The molecule has 25 heavy (non-hydrogen) atoms. The molecule has 2 aromatic rings. The number of ketones is 1. The Hall–Kier alpha value is -2.39. The van der Waals surface area contributed by atoms with E-state index in [1.807, 2.05) is 42.5 Å². The molecule has 128 valence electrons. The van der Waals surface area contributed by atoms with Crippen LogP contribution < -0.4 is 0 Å². The smallest absolute Gasteiger partial charge is 0.161 e. The van der Waals surface area contributed by atoms with E-state index in [0.29, 0.717) is 6.42 Å². The number of likely N-dealkylation sites (tertiary alicyclic amines) is 1. The van der Waals surface area contributed by atoms with Crippen LogP contribution in [0.1, 0.15) is 30.4 Å². The number of carbonyl (C=O) groups excluding carboxylic acids is 1. The molecule has 3 heteroatoms. The fraction of sp³-hybridized carbons (Fsp3) is 0.318. The van der Waals surface area contributed by atoms with Crippen molar-refractivity contribution in [2.75, 3.05) is 13.6 Å². The number of likely N-dealkylation sites (N-methyl/N-ethyl adjacent to an activating group) is 1. The molecule has 1 heterocycles. The highest BCUT2D eigenvalue weighted by atomic mass is 16.3. The maximum absolute atomic E-state index is 13.1. The number of piperidine rings is 1. The Bertz CT molecular complexity index is 827. The number of aromatic hydroxyl groups is 1. The lowest BCUT2D eigenvalue weighted by atomic mass is 9.61. The van der Waals surface area contributed by atoms with Crippen LogP contribution in [-0.4, -0.2) is 35.4 Å². The van der Waals surface area contributed by atoms with Gasteiger partial charge in [-0.15, -0.1) is 0 Å². The number of phenolic OH excluding ortho intramolecular Hbond substituents is 1. The molecular formula is C22H23NO2. The van der Waals surface area contributed by atoms with Gasteiger partial charge in [-0.25, -0.2) is 0 Å². The number of nitrogens with zero attached hydrogens (tertiary/aromatic N) is 1. The first-order valence-corrected chi connectivity index (χ1v) is 8.87. The second-order valence-electron chi connectivity index (χ2n) is 7.39. The van der Waals surface area contributed by atoms with Crippen molar-refractivity contribution in [2.24, 2.45) is 0 Å². The van der Waals surface area contributed by atoms with Gasteiger partial charge < -0.3 is 5.11 Å². The summed E-state index contributed by atoms with van der Waals surface area (Å²) in [5.74, 6) is 0.510. The van der Waals surface area contributed by atoms with Crippen molar-refractivity contribution in [2.45, 2.75) is 30.7 Å². The van der Waals surface area contributed by atoms with Gasteiger partial charge in [-0.3, -0.25) is 9.69 Å². The third kappa shape index (κ3) is 2.89. The fourth-order valence-electron chi connectivity index (χ4n) is 4.38. The Morgan fingerprint density at radius 3 is 2.72 bits per heavy atom. The molecule has 0 amide bonds. The van der Waals surface area contributed by atoms with Gasteiger partial charge in [0.05, 0.1) is 0 Å². The number of benzene rings is 2. The lowest BCUT2D eigenvalue weighted by Crippen LogP contribution is -2.53. The van der Waals surface area contributed by atoms with Crippen molar-refractivity contribution < 1.29 is 9.90 Å². The van der Waals surface area contributed by atoms with Crippen molar-refractivity contribution in [1.82, 2.24) is 4.90 Å². The molecule has 2 bridgehead atoms. The van der Waals surface area contributed by atoms with E-state index < -0.39 is 0 Å². The van der Waals surface area contributed by atoms with Gasteiger partial charge in [-0.2, -0.15) is 0 Å². The minimum atomic E-state index is -0.152. The third-order valence-electron chi connectivity index (χ3n) is 5.82. The molecule has 1 aliphatic carbocycles. The second kappa shape index (κ2) is 6.16. The lowest BCUT2D eigenvalue weighted by Gasteiger charge is -2.50.